The first kappa shape index (κ1) is 21.6. The van der Waals surface area contributed by atoms with Gasteiger partial charge in [-0.05, 0) is 110 Å². The van der Waals surface area contributed by atoms with Crippen LogP contribution in [0.15, 0.2) is 65.5 Å². The second-order valence-corrected chi connectivity index (χ2v) is 10.5. The van der Waals surface area contributed by atoms with Crippen molar-refractivity contribution in [2.45, 2.75) is 41.5 Å². The van der Waals surface area contributed by atoms with Crippen LogP contribution in [0.2, 0.25) is 0 Å². The quantitative estimate of drug-likeness (QED) is 0.247. The van der Waals surface area contributed by atoms with Crippen LogP contribution in [0.4, 0.5) is 0 Å². The van der Waals surface area contributed by atoms with Crippen LogP contribution in [0.5, 0.6) is 0 Å². The second kappa shape index (κ2) is 7.97. The summed E-state index contributed by atoms with van der Waals surface area (Å²) in [6.07, 6.45) is 0. The maximum Gasteiger partial charge on any atom is 0.195 e. The number of benzene rings is 4. The highest BCUT2D eigenvalue weighted by atomic mass is 32.1. The van der Waals surface area contributed by atoms with Crippen LogP contribution in [0, 0.1) is 41.5 Å². The van der Waals surface area contributed by atoms with E-state index in [2.05, 4.69) is 90.1 Å². The molecule has 0 saturated heterocycles. The summed E-state index contributed by atoms with van der Waals surface area (Å²) in [5.74, 6) is 0. The van der Waals surface area contributed by atoms with Crippen LogP contribution in [-0.2, 0) is 0 Å². The largest absolute Gasteiger partial charge is 0.289 e. The van der Waals surface area contributed by atoms with Crippen molar-refractivity contribution in [3.05, 3.63) is 104 Å². The molecule has 2 heteroatoms. The Balaban J connectivity index is 1.74. The first-order chi connectivity index (χ1) is 15.7. The average Bonchev–Trinajstić information content (AvgIpc) is 2.72. The molecule has 0 atom stereocenters. The third-order valence-electron chi connectivity index (χ3n) is 6.60. The zero-order chi connectivity index (χ0) is 23.4. The highest BCUT2D eigenvalue weighted by Gasteiger charge is 2.13. The maximum atomic E-state index is 13.3. The van der Waals surface area contributed by atoms with E-state index < -0.39 is 0 Å². The molecule has 0 radical (unpaired) electrons. The number of fused-ring (bicyclic) bond motifs is 2. The summed E-state index contributed by atoms with van der Waals surface area (Å²) in [7, 11) is 0. The van der Waals surface area contributed by atoms with Crippen LogP contribution >= 0.6 is 11.3 Å². The topological polar surface area (TPSA) is 17.1 Å². The Kier molecular flexibility index (Phi) is 5.22. The molecule has 0 N–H and O–H groups in total. The molecule has 0 fully saturated rings. The first-order valence-corrected chi connectivity index (χ1v) is 12.2. The Morgan fingerprint density at radius 1 is 0.515 bits per heavy atom. The van der Waals surface area contributed by atoms with Gasteiger partial charge in [-0.2, -0.15) is 0 Å². The van der Waals surface area contributed by atoms with Crippen LogP contribution in [-0.4, -0.2) is 0 Å². The minimum absolute atomic E-state index is 0.117. The van der Waals surface area contributed by atoms with Gasteiger partial charge in [-0.3, -0.25) is 4.79 Å². The number of hydrogen-bond donors (Lipinski definition) is 0. The predicted molar refractivity (Wildman–Crippen MR) is 145 cm³/mol. The minimum Gasteiger partial charge on any atom is -0.289 e. The lowest BCUT2D eigenvalue weighted by atomic mass is 9.93. The summed E-state index contributed by atoms with van der Waals surface area (Å²) in [4.78, 5) is 13.3. The Bertz CT molecular complexity index is 1470. The molecule has 1 heterocycles. The van der Waals surface area contributed by atoms with Gasteiger partial charge >= 0.3 is 0 Å². The van der Waals surface area contributed by atoms with Crippen molar-refractivity contribution >= 4 is 31.5 Å². The van der Waals surface area contributed by atoms with E-state index in [9.17, 15) is 4.79 Å². The van der Waals surface area contributed by atoms with E-state index >= 15 is 0 Å². The highest BCUT2D eigenvalue weighted by molar-refractivity contribution is 7.24. The van der Waals surface area contributed by atoms with Crippen LogP contribution in [0.3, 0.4) is 0 Å². The van der Waals surface area contributed by atoms with Crippen molar-refractivity contribution in [2.75, 3.05) is 0 Å². The average molecular weight is 449 g/mol. The fourth-order valence-corrected chi connectivity index (χ4v) is 6.58. The predicted octanol–water partition coefficient (Wildman–Crippen LogP) is 8.60. The van der Waals surface area contributed by atoms with Gasteiger partial charge in [-0.25, -0.2) is 0 Å². The molecule has 5 rings (SSSR count). The van der Waals surface area contributed by atoms with Gasteiger partial charge in [-0.1, -0.05) is 47.5 Å². The van der Waals surface area contributed by atoms with Gasteiger partial charge in [0, 0.05) is 20.2 Å². The molecule has 33 heavy (non-hydrogen) atoms. The highest BCUT2D eigenvalue weighted by Crippen LogP contribution is 2.35. The zero-order valence-electron chi connectivity index (χ0n) is 20.1. The Morgan fingerprint density at radius 2 is 0.879 bits per heavy atom. The summed E-state index contributed by atoms with van der Waals surface area (Å²) in [5, 5.41) is 1.60. The lowest BCUT2D eigenvalue weighted by Crippen LogP contribution is -2.01. The van der Waals surface area contributed by atoms with Crippen molar-refractivity contribution < 1.29 is 0 Å². The zero-order valence-corrected chi connectivity index (χ0v) is 20.9. The fraction of sp³-hybridized carbons (Fsp3) is 0.194. The lowest BCUT2D eigenvalue weighted by Gasteiger charge is -2.14. The van der Waals surface area contributed by atoms with Crippen molar-refractivity contribution in [2.24, 2.45) is 0 Å². The van der Waals surface area contributed by atoms with Crippen molar-refractivity contribution in [3.8, 4) is 22.3 Å². The van der Waals surface area contributed by atoms with E-state index in [1.54, 1.807) is 11.3 Å². The molecular formula is C31H28OS. The summed E-state index contributed by atoms with van der Waals surface area (Å²) in [6, 6.07) is 21.5. The van der Waals surface area contributed by atoms with Gasteiger partial charge in [0.25, 0.3) is 0 Å². The molecule has 4 aromatic carbocycles. The van der Waals surface area contributed by atoms with Crippen molar-refractivity contribution in [1.29, 1.82) is 0 Å². The summed E-state index contributed by atoms with van der Waals surface area (Å²) in [6.45, 7) is 12.9. The SMILES string of the molecule is Cc1cc(C)c(-c2ccc3c(=O)c4ccc(-c5c(C)cc(C)cc5C)cc4sc3c2)c(C)c1. The molecule has 0 aliphatic rings. The summed E-state index contributed by atoms with van der Waals surface area (Å²) < 4.78 is 2.08. The molecular weight excluding hydrogens is 420 g/mol. The second-order valence-electron chi connectivity index (χ2n) is 9.40. The van der Waals surface area contributed by atoms with E-state index in [1.807, 2.05) is 12.1 Å². The number of rotatable bonds is 2. The molecule has 0 saturated carbocycles. The van der Waals surface area contributed by atoms with E-state index in [-0.39, 0.29) is 5.43 Å². The van der Waals surface area contributed by atoms with Gasteiger partial charge in [0.15, 0.2) is 5.43 Å². The smallest absolute Gasteiger partial charge is 0.195 e. The standard InChI is InChI=1S/C31H28OS/c1-17-11-19(3)29(20(4)12-17)23-7-9-25-27(15-23)33-28-16-24(8-10-26(28)31(25)32)30-21(5)13-18(2)14-22(30)6/h7-16H,1-6H3. The minimum atomic E-state index is 0.117. The van der Waals surface area contributed by atoms with Gasteiger partial charge in [-0.15, -0.1) is 11.3 Å². The van der Waals surface area contributed by atoms with Gasteiger partial charge < -0.3 is 0 Å². The van der Waals surface area contributed by atoms with E-state index in [0.717, 1.165) is 20.2 Å². The van der Waals surface area contributed by atoms with E-state index in [0.29, 0.717) is 0 Å². The Hall–Kier alpha value is -3.23. The van der Waals surface area contributed by atoms with Crippen LogP contribution in [0.25, 0.3) is 42.4 Å². The summed E-state index contributed by atoms with van der Waals surface area (Å²) in [5.41, 5.74) is 12.6. The molecule has 0 unspecified atom stereocenters. The monoisotopic (exact) mass is 448 g/mol. The van der Waals surface area contributed by atoms with Crippen molar-refractivity contribution in [3.63, 3.8) is 0 Å². The molecule has 0 amide bonds. The maximum absolute atomic E-state index is 13.3. The summed E-state index contributed by atoms with van der Waals surface area (Å²) >= 11 is 1.71. The molecule has 164 valence electrons. The van der Waals surface area contributed by atoms with Gasteiger partial charge in [0.2, 0.25) is 0 Å². The molecule has 1 aromatic heterocycles. The first-order valence-electron chi connectivity index (χ1n) is 11.4. The number of aryl methyl sites for hydroxylation is 6. The molecule has 0 aliphatic heterocycles. The molecule has 0 aliphatic carbocycles. The van der Waals surface area contributed by atoms with Gasteiger partial charge in [0.05, 0.1) is 0 Å². The third-order valence-corrected chi connectivity index (χ3v) is 7.72. The lowest BCUT2D eigenvalue weighted by molar-refractivity contribution is 1.32. The Morgan fingerprint density at radius 3 is 1.24 bits per heavy atom. The van der Waals surface area contributed by atoms with Crippen molar-refractivity contribution in [1.82, 2.24) is 0 Å². The molecule has 0 spiro atoms. The molecule has 1 nitrogen and oxygen atoms in total. The van der Waals surface area contributed by atoms with Gasteiger partial charge in [0.1, 0.15) is 0 Å². The van der Waals surface area contributed by atoms with E-state index in [1.165, 1.54) is 55.6 Å². The fourth-order valence-electron chi connectivity index (χ4n) is 5.43. The van der Waals surface area contributed by atoms with E-state index in [4.69, 9.17) is 0 Å². The Labute approximate surface area is 199 Å². The normalized spacial score (nSPS) is 11.5. The molecule has 0 bridgehead atoms. The molecule has 5 aromatic rings. The van der Waals surface area contributed by atoms with Crippen LogP contribution < -0.4 is 5.43 Å². The number of hydrogen-bond acceptors (Lipinski definition) is 2. The third kappa shape index (κ3) is 3.69. The van der Waals surface area contributed by atoms with Crippen LogP contribution in [0.1, 0.15) is 33.4 Å².